The normalized spacial score (nSPS) is 23.3. The lowest BCUT2D eigenvalue weighted by atomic mass is 10.1. The average Bonchev–Trinajstić information content (AvgIpc) is 3.27. The molecule has 31 heavy (non-hydrogen) atoms. The van der Waals surface area contributed by atoms with Gasteiger partial charge in [0.1, 0.15) is 22.8 Å². The highest BCUT2D eigenvalue weighted by molar-refractivity contribution is 8.01. The standard InChI is InChI=1S/C19H20Cl2N6O3S/c1-26(2)17(30)14-12(28)13(29)18(31-14)27-8-23-11-15(24-19(21)25-16(11)27)22-7-9-4-3-5-10(20)6-9/h3-6,8,12-14,18,28-29H,7H2,1-2H3,(H,22,24,25)/t12-,13+,14-,18+/m0/s1. The summed E-state index contributed by atoms with van der Waals surface area (Å²) in [5.74, 6) is 0.146. The lowest BCUT2D eigenvalue weighted by Crippen LogP contribution is -2.40. The van der Waals surface area contributed by atoms with Gasteiger partial charge in [-0.15, -0.1) is 11.8 Å². The number of hydrogen-bond acceptors (Lipinski definition) is 8. The van der Waals surface area contributed by atoms with E-state index in [1.54, 1.807) is 24.7 Å². The third-order valence-electron chi connectivity index (χ3n) is 4.94. The van der Waals surface area contributed by atoms with Gasteiger partial charge in [-0.3, -0.25) is 9.36 Å². The van der Waals surface area contributed by atoms with E-state index in [0.29, 0.717) is 28.5 Å². The van der Waals surface area contributed by atoms with Gasteiger partial charge >= 0.3 is 0 Å². The number of carbonyl (C=O) groups excluding carboxylic acids is 1. The molecule has 0 bridgehead atoms. The topological polar surface area (TPSA) is 116 Å². The SMILES string of the molecule is CN(C)C(=O)[C@H]1S[C@@H](n2cnc3c(NCc4cccc(Cl)c4)nc(Cl)nc32)[C@H](O)[C@@H]1O. The van der Waals surface area contributed by atoms with Gasteiger partial charge in [-0.25, -0.2) is 4.98 Å². The number of aliphatic hydroxyl groups excluding tert-OH is 2. The smallest absolute Gasteiger partial charge is 0.238 e. The van der Waals surface area contributed by atoms with E-state index >= 15 is 0 Å². The Labute approximate surface area is 192 Å². The van der Waals surface area contributed by atoms with Gasteiger partial charge in [-0.2, -0.15) is 9.97 Å². The van der Waals surface area contributed by atoms with Gasteiger partial charge < -0.3 is 20.4 Å². The molecule has 3 aromatic rings. The van der Waals surface area contributed by atoms with Gasteiger partial charge in [0.15, 0.2) is 17.0 Å². The Morgan fingerprint density at radius 3 is 2.74 bits per heavy atom. The molecule has 0 aliphatic carbocycles. The minimum absolute atomic E-state index is 0.00166. The Kier molecular flexibility index (Phi) is 6.27. The summed E-state index contributed by atoms with van der Waals surface area (Å²) in [7, 11) is 3.21. The zero-order chi connectivity index (χ0) is 22.3. The molecule has 0 unspecified atom stereocenters. The van der Waals surface area contributed by atoms with Gasteiger partial charge in [0.25, 0.3) is 0 Å². The number of benzene rings is 1. The lowest BCUT2D eigenvalue weighted by molar-refractivity contribution is -0.131. The minimum Gasteiger partial charge on any atom is -0.389 e. The van der Waals surface area contributed by atoms with Crippen LogP contribution in [0.4, 0.5) is 5.82 Å². The second-order valence-electron chi connectivity index (χ2n) is 7.31. The molecule has 1 fully saturated rings. The second-order valence-corrected chi connectivity index (χ2v) is 9.35. The van der Waals surface area contributed by atoms with Crippen LogP contribution in [0, 0.1) is 0 Å². The summed E-state index contributed by atoms with van der Waals surface area (Å²) in [5.41, 5.74) is 1.79. The number of aliphatic hydroxyl groups is 2. The first-order valence-corrected chi connectivity index (χ1v) is 11.1. The van der Waals surface area contributed by atoms with Crippen LogP contribution in [0.25, 0.3) is 11.2 Å². The summed E-state index contributed by atoms with van der Waals surface area (Å²) in [6, 6.07) is 7.40. The van der Waals surface area contributed by atoms with E-state index in [2.05, 4.69) is 20.3 Å². The van der Waals surface area contributed by atoms with Crippen LogP contribution in [0.2, 0.25) is 10.3 Å². The van der Waals surface area contributed by atoms with E-state index in [4.69, 9.17) is 23.2 Å². The number of nitrogens with one attached hydrogen (secondary N) is 1. The number of thioether (sulfide) groups is 1. The Morgan fingerprint density at radius 2 is 2.03 bits per heavy atom. The Balaban J connectivity index is 1.64. The van der Waals surface area contributed by atoms with E-state index in [1.165, 1.54) is 11.2 Å². The fourth-order valence-electron chi connectivity index (χ4n) is 3.38. The fourth-order valence-corrected chi connectivity index (χ4v) is 5.31. The number of anilines is 1. The highest BCUT2D eigenvalue weighted by atomic mass is 35.5. The molecular formula is C19H20Cl2N6O3S. The van der Waals surface area contributed by atoms with Crippen molar-refractivity contribution < 1.29 is 15.0 Å². The number of fused-ring (bicyclic) bond motifs is 1. The summed E-state index contributed by atoms with van der Waals surface area (Å²) in [6.45, 7) is 0.439. The molecule has 1 aliphatic heterocycles. The zero-order valence-corrected chi connectivity index (χ0v) is 18.9. The van der Waals surface area contributed by atoms with Gasteiger partial charge in [0, 0.05) is 25.7 Å². The van der Waals surface area contributed by atoms with Crippen LogP contribution in [0.15, 0.2) is 30.6 Å². The monoisotopic (exact) mass is 482 g/mol. The third-order valence-corrected chi connectivity index (χ3v) is 6.90. The first-order chi connectivity index (χ1) is 14.8. The molecular weight excluding hydrogens is 463 g/mol. The molecule has 2 aromatic heterocycles. The van der Waals surface area contributed by atoms with Crippen LogP contribution < -0.4 is 5.32 Å². The van der Waals surface area contributed by atoms with Crippen molar-refractivity contribution in [1.29, 1.82) is 0 Å². The van der Waals surface area contributed by atoms with E-state index in [9.17, 15) is 15.0 Å². The molecule has 0 radical (unpaired) electrons. The fraction of sp³-hybridized carbons (Fsp3) is 0.368. The van der Waals surface area contributed by atoms with Crippen molar-refractivity contribution in [2.75, 3.05) is 19.4 Å². The number of rotatable bonds is 5. The van der Waals surface area contributed by atoms with Crippen molar-refractivity contribution in [3.8, 4) is 0 Å². The summed E-state index contributed by atoms with van der Waals surface area (Å²) in [5, 5.41) is 23.4. The summed E-state index contributed by atoms with van der Waals surface area (Å²) in [4.78, 5) is 26.7. The second kappa shape index (κ2) is 8.79. The number of halogens is 2. The number of hydrogen-bond donors (Lipinski definition) is 3. The molecule has 164 valence electrons. The van der Waals surface area contributed by atoms with E-state index in [-0.39, 0.29) is 11.2 Å². The number of carbonyl (C=O) groups is 1. The van der Waals surface area contributed by atoms with Crippen molar-refractivity contribution in [3.63, 3.8) is 0 Å². The van der Waals surface area contributed by atoms with Crippen molar-refractivity contribution in [2.24, 2.45) is 0 Å². The summed E-state index contributed by atoms with van der Waals surface area (Å²) < 4.78 is 1.61. The Morgan fingerprint density at radius 1 is 1.26 bits per heavy atom. The lowest BCUT2D eigenvalue weighted by Gasteiger charge is -2.18. The third kappa shape index (κ3) is 4.31. The molecule has 1 aliphatic rings. The first-order valence-electron chi connectivity index (χ1n) is 9.37. The largest absolute Gasteiger partial charge is 0.389 e. The highest BCUT2D eigenvalue weighted by Gasteiger charge is 2.47. The van der Waals surface area contributed by atoms with Gasteiger partial charge in [-0.05, 0) is 29.3 Å². The number of imidazole rings is 1. The van der Waals surface area contributed by atoms with E-state index in [0.717, 1.165) is 17.3 Å². The van der Waals surface area contributed by atoms with Crippen LogP contribution in [-0.4, -0.2) is 72.1 Å². The molecule has 1 aromatic carbocycles. The van der Waals surface area contributed by atoms with E-state index < -0.39 is 22.8 Å². The number of nitrogens with zero attached hydrogens (tertiary/aromatic N) is 5. The van der Waals surface area contributed by atoms with Crippen LogP contribution >= 0.6 is 35.0 Å². The number of amides is 1. The van der Waals surface area contributed by atoms with Crippen LogP contribution in [-0.2, 0) is 11.3 Å². The van der Waals surface area contributed by atoms with Crippen LogP contribution in [0.5, 0.6) is 0 Å². The molecule has 1 amide bonds. The average molecular weight is 483 g/mol. The predicted octanol–water partition coefficient (Wildman–Crippen LogP) is 2.17. The molecule has 3 N–H and O–H groups in total. The Hall–Kier alpha value is -2.11. The van der Waals surface area contributed by atoms with Crippen LogP contribution in [0.1, 0.15) is 10.9 Å². The van der Waals surface area contributed by atoms with Crippen molar-refractivity contribution >= 4 is 57.9 Å². The molecule has 12 heteroatoms. The van der Waals surface area contributed by atoms with Crippen molar-refractivity contribution in [2.45, 2.75) is 29.4 Å². The van der Waals surface area contributed by atoms with Gasteiger partial charge in [0.05, 0.1) is 6.33 Å². The van der Waals surface area contributed by atoms with Crippen molar-refractivity contribution in [3.05, 3.63) is 46.5 Å². The maximum Gasteiger partial charge on any atom is 0.238 e. The first kappa shape index (κ1) is 22.1. The van der Waals surface area contributed by atoms with Gasteiger partial charge in [0.2, 0.25) is 11.2 Å². The molecule has 1 saturated heterocycles. The summed E-state index contributed by atoms with van der Waals surface area (Å²) >= 11 is 13.3. The number of aromatic nitrogens is 4. The van der Waals surface area contributed by atoms with E-state index in [1.807, 2.05) is 18.2 Å². The molecule has 4 rings (SSSR count). The zero-order valence-electron chi connectivity index (χ0n) is 16.6. The maximum absolute atomic E-state index is 12.4. The molecule has 3 heterocycles. The molecule has 0 spiro atoms. The molecule has 0 saturated carbocycles. The van der Waals surface area contributed by atoms with Crippen molar-refractivity contribution in [1.82, 2.24) is 24.4 Å². The molecule has 4 atom stereocenters. The predicted molar refractivity (Wildman–Crippen MR) is 120 cm³/mol. The minimum atomic E-state index is -1.22. The van der Waals surface area contributed by atoms with Gasteiger partial charge in [-0.1, -0.05) is 23.7 Å². The highest BCUT2D eigenvalue weighted by Crippen LogP contribution is 2.44. The van der Waals surface area contributed by atoms with Crippen LogP contribution in [0.3, 0.4) is 0 Å². The molecule has 9 nitrogen and oxygen atoms in total. The summed E-state index contributed by atoms with van der Waals surface area (Å²) in [6.07, 6.45) is -0.913. The maximum atomic E-state index is 12.4. The quantitative estimate of drug-likeness (QED) is 0.473. The Bertz CT molecular complexity index is 1130.